The lowest BCUT2D eigenvalue weighted by molar-refractivity contribution is -0.00456. The first-order valence-corrected chi connectivity index (χ1v) is 18.6. The van der Waals surface area contributed by atoms with Crippen LogP contribution in [-0.2, 0) is 32.5 Å². The van der Waals surface area contributed by atoms with Crippen LogP contribution in [0.1, 0.15) is 67.0 Å². The van der Waals surface area contributed by atoms with Crippen molar-refractivity contribution in [1.82, 2.24) is 19.2 Å². The molecule has 0 saturated carbocycles. The van der Waals surface area contributed by atoms with Crippen LogP contribution in [0.2, 0.25) is 0 Å². The molecule has 278 valence electrons. The van der Waals surface area contributed by atoms with E-state index in [1.54, 1.807) is 20.3 Å². The van der Waals surface area contributed by atoms with Crippen LogP contribution in [0.15, 0.2) is 91.1 Å². The van der Waals surface area contributed by atoms with Crippen molar-refractivity contribution in [1.29, 1.82) is 5.26 Å². The van der Waals surface area contributed by atoms with E-state index >= 15 is 0 Å². The maximum Gasteiger partial charge on any atom is 0.259 e. The summed E-state index contributed by atoms with van der Waals surface area (Å²) in [7, 11) is 1.80. The second kappa shape index (κ2) is 18.2. The van der Waals surface area contributed by atoms with Gasteiger partial charge in [0.05, 0.1) is 45.5 Å². The minimum atomic E-state index is -1.47. The number of imidazole rings is 1. The van der Waals surface area contributed by atoms with Gasteiger partial charge >= 0.3 is 0 Å². The van der Waals surface area contributed by atoms with Crippen LogP contribution in [0, 0.1) is 11.3 Å². The molecule has 1 amide bonds. The summed E-state index contributed by atoms with van der Waals surface area (Å²) in [6, 6.07) is 29.7. The molecular weight excluding hydrogens is 691 g/mol. The Hall–Kier alpha value is -4.89. The number of pyridine rings is 1. The van der Waals surface area contributed by atoms with E-state index in [2.05, 4.69) is 43.4 Å². The number of hydrogen-bond acceptors (Lipinski definition) is 10. The number of aromatic nitrogens is 3. The number of ether oxygens (including phenoxy) is 3. The Bertz CT molecular complexity index is 1920. The van der Waals surface area contributed by atoms with Crippen molar-refractivity contribution < 1.29 is 28.1 Å². The molecule has 5 rings (SSSR count). The predicted octanol–water partition coefficient (Wildman–Crippen LogP) is 7.35. The van der Waals surface area contributed by atoms with Gasteiger partial charge in [0.1, 0.15) is 35.0 Å². The average Bonchev–Trinajstić information content (AvgIpc) is 3.52. The highest BCUT2D eigenvalue weighted by Crippen LogP contribution is 2.46. The van der Waals surface area contributed by atoms with Crippen molar-refractivity contribution in [2.45, 2.75) is 65.0 Å². The molecule has 0 radical (unpaired) electrons. The van der Waals surface area contributed by atoms with Crippen molar-refractivity contribution in [3.05, 3.63) is 119 Å². The molecule has 0 spiro atoms. The number of carbonyl (C=O) groups excluding carboxylic acids is 1. The Balaban J connectivity index is 1.57. The van der Waals surface area contributed by atoms with Crippen LogP contribution in [-0.4, -0.2) is 64.6 Å². The van der Waals surface area contributed by atoms with E-state index in [1.807, 2.05) is 83.4 Å². The molecule has 0 aliphatic carbocycles. The molecular formula is C40H47N6O6P. The fourth-order valence-corrected chi connectivity index (χ4v) is 7.89. The third-order valence-electron chi connectivity index (χ3n) is 8.72. The predicted molar refractivity (Wildman–Crippen MR) is 204 cm³/mol. The highest BCUT2D eigenvalue weighted by Gasteiger charge is 2.38. The van der Waals surface area contributed by atoms with Crippen LogP contribution in [0.4, 0.5) is 0 Å². The van der Waals surface area contributed by atoms with Gasteiger partial charge in [0.2, 0.25) is 5.91 Å². The molecule has 2 heterocycles. The number of benzene rings is 3. The number of nitriles is 1. The van der Waals surface area contributed by atoms with Gasteiger partial charge < -0.3 is 33.6 Å². The van der Waals surface area contributed by atoms with Crippen molar-refractivity contribution in [3.8, 4) is 17.6 Å². The van der Waals surface area contributed by atoms with Gasteiger partial charge in [0, 0.05) is 24.8 Å². The molecule has 5 aromatic rings. The summed E-state index contributed by atoms with van der Waals surface area (Å²) in [6.45, 7) is 9.30. The van der Waals surface area contributed by atoms with Crippen LogP contribution in [0.3, 0.4) is 0 Å². The minimum absolute atomic E-state index is 0.0484. The van der Waals surface area contributed by atoms with Gasteiger partial charge in [-0.2, -0.15) is 5.26 Å². The van der Waals surface area contributed by atoms with Gasteiger partial charge in [0.25, 0.3) is 8.53 Å². The summed E-state index contributed by atoms with van der Waals surface area (Å²) in [4.78, 5) is 21.7. The number of carbonyl (C=O) groups is 1. The monoisotopic (exact) mass is 738 g/mol. The zero-order valence-corrected chi connectivity index (χ0v) is 32.0. The van der Waals surface area contributed by atoms with E-state index in [9.17, 15) is 4.79 Å². The van der Waals surface area contributed by atoms with E-state index in [-0.39, 0.29) is 43.9 Å². The SMILES string of the molecule is COc1ccc(C(OCc2nc3cc(C(N)=O)cnc3n2CCOP(OCCC#N)N(C(C)C)C(C)C)(c2ccccc2)c2ccc(OC)cc2)cc1. The number of primary amides is 1. The number of methoxy groups -OCH3 is 2. The van der Waals surface area contributed by atoms with Gasteiger partial charge in [-0.05, 0) is 74.7 Å². The zero-order valence-electron chi connectivity index (χ0n) is 31.1. The maximum atomic E-state index is 12.1. The summed E-state index contributed by atoms with van der Waals surface area (Å²) in [5.74, 6) is 1.40. The molecule has 3 aromatic carbocycles. The van der Waals surface area contributed by atoms with Gasteiger partial charge in [-0.1, -0.05) is 54.6 Å². The van der Waals surface area contributed by atoms with Crippen molar-refractivity contribution >= 4 is 25.6 Å². The molecule has 0 aliphatic heterocycles. The van der Waals surface area contributed by atoms with Gasteiger partial charge in [-0.25, -0.2) is 14.6 Å². The first-order valence-electron chi connectivity index (χ1n) is 17.5. The van der Waals surface area contributed by atoms with E-state index in [0.717, 1.165) is 16.7 Å². The lowest BCUT2D eigenvalue weighted by atomic mass is 9.80. The minimum Gasteiger partial charge on any atom is -0.497 e. The second-order valence-electron chi connectivity index (χ2n) is 12.8. The second-order valence-corrected chi connectivity index (χ2v) is 14.2. The number of hydrogen-bond donors (Lipinski definition) is 1. The maximum absolute atomic E-state index is 12.1. The summed E-state index contributed by atoms with van der Waals surface area (Å²) < 4.78 is 34.9. The smallest absolute Gasteiger partial charge is 0.259 e. The Kier molecular flexibility index (Phi) is 13.5. The van der Waals surface area contributed by atoms with Crippen LogP contribution in [0.5, 0.6) is 11.5 Å². The van der Waals surface area contributed by atoms with Crippen molar-refractivity contribution in [3.63, 3.8) is 0 Å². The third kappa shape index (κ3) is 9.02. The van der Waals surface area contributed by atoms with Crippen LogP contribution >= 0.6 is 8.53 Å². The molecule has 2 N–H and O–H groups in total. The Morgan fingerprint density at radius 2 is 1.45 bits per heavy atom. The molecule has 0 bridgehead atoms. The third-order valence-corrected chi connectivity index (χ3v) is 10.8. The van der Waals surface area contributed by atoms with E-state index in [4.69, 9.17) is 39.2 Å². The fraction of sp³-hybridized carbons (Fsp3) is 0.350. The Morgan fingerprint density at radius 3 is 1.98 bits per heavy atom. The quantitative estimate of drug-likeness (QED) is 0.0518. The van der Waals surface area contributed by atoms with Gasteiger partial charge in [0.15, 0.2) is 5.65 Å². The molecule has 0 fully saturated rings. The zero-order chi connectivity index (χ0) is 38.0. The van der Waals surface area contributed by atoms with Crippen LogP contribution < -0.4 is 15.2 Å². The molecule has 12 nitrogen and oxygen atoms in total. The Labute approximate surface area is 312 Å². The molecule has 0 saturated heterocycles. The van der Waals surface area contributed by atoms with Gasteiger partial charge in [-0.15, -0.1) is 0 Å². The molecule has 0 aliphatic rings. The van der Waals surface area contributed by atoms with Gasteiger partial charge in [-0.3, -0.25) is 4.79 Å². The summed E-state index contributed by atoms with van der Waals surface area (Å²) >= 11 is 0. The lowest BCUT2D eigenvalue weighted by Crippen LogP contribution is -2.34. The van der Waals surface area contributed by atoms with Crippen LogP contribution in [0.25, 0.3) is 11.2 Å². The largest absolute Gasteiger partial charge is 0.497 e. The van der Waals surface area contributed by atoms with E-state index < -0.39 is 20.0 Å². The molecule has 2 aromatic heterocycles. The van der Waals surface area contributed by atoms with E-state index in [0.29, 0.717) is 35.0 Å². The molecule has 1 unspecified atom stereocenters. The topological polar surface area (TPSA) is 147 Å². The lowest BCUT2D eigenvalue weighted by Gasteiger charge is -2.36. The highest BCUT2D eigenvalue weighted by atomic mass is 31.2. The summed E-state index contributed by atoms with van der Waals surface area (Å²) in [5, 5.41) is 9.15. The molecule has 13 heteroatoms. The average molecular weight is 739 g/mol. The fourth-order valence-electron chi connectivity index (χ4n) is 6.31. The number of nitrogens with two attached hydrogens (primary N) is 1. The number of rotatable bonds is 19. The highest BCUT2D eigenvalue weighted by molar-refractivity contribution is 7.44. The summed E-state index contributed by atoms with van der Waals surface area (Å²) in [5.41, 5.74) is 8.48. The summed E-state index contributed by atoms with van der Waals surface area (Å²) in [6.07, 6.45) is 1.71. The standard InChI is InChI=1S/C40H47N6O6P/c1-28(2)46(29(3)4)53(51-23-10-21-41)52-24-22-45-37(44-36-25-30(38(42)47)26-43-39(36)45)27-50-40(31-11-8-7-9-12-31,32-13-17-34(48-5)18-14-32)33-15-19-35(49-6)20-16-33/h7-9,11-20,25-26,28-29H,10,22-24,27H2,1-6H3,(H2,42,47). The van der Waals surface area contributed by atoms with Crippen molar-refractivity contribution in [2.24, 2.45) is 5.73 Å². The van der Waals surface area contributed by atoms with Crippen molar-refractivity contribution in [2.75, 3.05) is 27.4 Å². The first kappa shape index (κ1) is 39.3. The number of nitrogens with zero attached hydrogens (tertiary/aromatic N) is 5. The number of amides is 1. The number of fused-ring (bicyclic) bond motifs is 1. The first-order chi connectivity index (χ1) is 25.6. The molecule has 53 heavy (non-hydrogen) atoms. The van der Waals surface area contributed by atoms with E-state index in [1.165, 1.54) is 6.20 Å². The Morgan fingerprint density at radius 1 is 0.887 bits per heavy atom. The normalized spacial score (nSPS) is 12.4. The molecule has 1 atom stereocenters.